The van der Waals surface area contributed by atoms with Crippen LogP contribution in [-0.2, 0) is 0 Å². The van der Waals surface area contributed by atoms with Crippen molar-refractivity contribution in [2.75, 3.05) is 33.0 Å². The molecule has 1 N–H and O–H groups in total. The summed E-state index contributed by atoms with van der Waals surface area (Å²) in [6.07, 6.45) is 5.38. The first-order valence-electron chi connectivity index (χ1n) is 8.18. The molecule has 0 bridgehead atoms. The van der Waals surface area contributed by atoms with E-state index in [0.717, 1.165) is 18.0 Å². The van der Waals surface area contributed by atoms with Gasteiger partial charge in [0, 0.05) is 6.04 Å². The van der Waals surface area contributed by atoms with Crippen LogP contribution in [0.3, 0.4) is 0 Å². The van der Waals surface area contributed by atoms with Gasteiger partial charge in [-0.15, -0.1) is 0 Å². The molecule has 2 aliphatic heterocycles. The van der Waals surface area contributed by atoms with Gasteiger partial charge in [-0.05, 0) is 70.1 Å². The van der Waals surface area contributed by atoms with Crippen LogP contribution in [0.5, 0.6) is 11.5 Å². The van der Waals surface area contributed by atoms with E-state index in [9.17, 15) is 0 Å². The molecule has 0 aliphatic carbocycles. The standard InChI is InChI=1S/C17H26N2O2/c1-14(15-6-7-16-17(12-15)21-13-20-16)18-8-5-11-19-9-3-2-4-10-19/h6-7,12,14,18H,2-5,8-11,13H2,1H3. The van der Waals surface area contributed by atoms with Crippen LogP contribution in [0.15, 0.2) is 18.2 Å². The van der Waals surface area contributed by atoms with Gasteiger partial charge in [0.05, 0.1) is 0 Å². The fourth-order valence-corrected chi connectivity index (χ4v) is 3.10. The fourth-order valence-electron chi connectivity index (χ4n) is 3.10. The number of ether oxygens (including phenoxy) is 2. The second kappa shape index (κ2) is 7.14. The van der Waals surface area contributed by atoms with Gasteiger partial charge in [-0.2, -0.15) is 0 Å². The number of likely N-dealkylation sites (tertiary alicyclic amines) is 1. The SMILES string of the molecule is CC(NCCCN1CCCCC1)c1ccc2c(c1)OCO2. The Morgan fingerprint density at radius 3 is 2.81 bits per heavy atom. The van der Waals surface area contributed by atoms with E-state index >= 15 is 0 Å². The summed E-state index contributed by atoms with van der Waals surface area (Å²) in [5.41, 5.74) is 1.26. The minimum atomic E-state index is 0.344. The molecule has 1 aromatic rings. The molecule has 116 valence electrons. The Kier molecular flexibility index (Phi) is 4.99. The number of hydrogen-bond acceptors (Lipinski definition) is 4. The van der Waals surface area contributed by atoms with Crippen molar-refractivity contribution in [3.05, 3.63) is 23.8 Å². The lowest BCUT2D eigenvalue weighted by Crippen LogP contribution is -2.32. The summed E-state index contributed by atoms with van der Waals surface area (Å²) in [5.74, 6) is 1.73. The molecule has 4 heteroatoms. The van der Waals surface area contributed by atoms with E-state index in [1.165, 1.54) is 50.9 Å². The van der Waals surface area contributed by atoms with E-state index in [1.54, 1.807) is 0 Å². The number of fused-ring (bicyclic) bond motifs is 1. The summed E-state index contributed by atoms with van der Waals surface area (Å²) in [6.45, 7) is 7.41. The van der Waals surface area contributed by atoms with Crippen molar-refractivity contribution in [1.82, 2.24) is 10.2 Å². The molecule has 0 amide bonds. The Bertz CT molecular complexity index is 458. The van der Waals surface area contributed by atoms with E-state index in [-0.39, 0.29) is 0 Å². The first kappa shape index (κ1) is 14.7. The molecule has 0 aromatic heterocycles. The molecule has 21 heavy (non-hydrogen) atoms. The number of nitrogens with zero attached hydrogens (tertiary/aromatic N) is 1. The van der Waals surface area contributed by atoms with Crippen LogP contribution in [0.2, 0.25) is 0 Å². The summed E-state index contributed by atoms with van der Waals surface area (Å²) >= 11 is 0. The summed E-state index contributed by atoms with van der Waals surface area (Å²) in [7, 11) is 0. The highest BCUT2D eigenvalue weighted by Gasteiger charge is 2.15. The molecule has 4 nitrogen and oxygen atoms in total. The molecule has 1 aromatic carbocycles. The fraction of sp³-hybridized carbons (Fsp3) is 0.647. The summed E-state index contributed by atoms with van der Waals surface area (Å²) in [4.78, 5) is 2.59. The molecular formula is C17H26N2O2. The van der Waals surface area contributed by atoms with Crippen molar-refractivity contribution >= 4 is 0 Å². The Labute approximate surface area is 127 Å². The minimum Gasteiger partial charge on any atom is -0.454 e. The quantitative estimate of drug-likeness (QED) is 0.817. The normalized spacial score (nSPS) is 19.7. The molecule has 1 atom stereocenters. The lowest BCUT2D eigenvalue weighted by atomic mass is 10.1. The van der Waals surface area contributed by atoms with Crippen molar-refractivity contribution < 1.29 is 9.47 Å². The average molecular weight is 290 g/mol. The molecule has 0 spiro atoms. The monoisotopic (exact) mass is 290 g/mol. The first-order valence-corrected chi connectivity index (χ1v) is 8.18. The minimum absolute atomic E-state index is 0.344. The van der Waals surface area contributed by atoms with Crippen molar-refractivity contribution in [3.8, 4) is 11.5 Å². The lowest BCUT2D eigenvalue weighted by molar-refractivity contribution is 0.174. The largest absolute Gasteiger partial charge is 0.454 e. The maximum absolute atomic E-state index is 5.44. The highest BCUT2D eigenvalue weighted by Crippen LogP contribution is 2.34. The molecule has 2 heterocycles. The van der Waals surface area contributed by atoms with E-state index < -0.39 is 0 Å². The van der Waals surface area contributed by atoms with Crippen molar-refractivity contribution in [3.63, 3.8) is 0 Å². The van der Waals surface area contributed by atoms with Gasteiger partial charge in [0.15, 0.2) is 11.5 Å². The Morgan fingerprint density at radius 1 is 1.14 bits per heavy atom. The first-order chi connectivity index (χ1) is 10.3. The van der Waals surface area contributed by atoms with Crippen LogP contribution in [0, 0.1) is 0 Å². The Hall–Kier alpha value is -1.26. The van der Waals surface area contributed by atoms with Crippen LogP contribution in [-0.4, -0.2) is 37.9 Å². The highest BCUT2D eigenvalue weighted by atomic mass is 16.7. The van der Waals surface area contributed by atoms with Crippen LogP contribution in [0.1, 0.15) is 44.2 Å². The van der Waals surface area contributed by atoms with Crippen molar-refractivity contribution in [1.29, 1.82) is 0 Å². The average Bonchev–Trinajstić information content (AvgIpc) is 3.00. The van der Waals surface area contributed by atoms with Gasteiger partial charge in [0.2, 0.25) is 6.79 Å². The molecular weight excluding hydrogens is 264 g/mol. The van der Waals surface area contributed by atoms with Crippen molar-refractivity contribution in [2.45, 2.75) is 38.6 Å². The second-order valence-corrected chi connectivity index (χ2v) is 6.04. The molecule has 0 radical (unpaired) electrons. The Morgan fingerprint density at radius 2 is 1.95 bits per heavy atom. The predicted molar refractivity (Wildman–Crippen MR) is 83.9 cm³/mol. The van der Waals surface area contributed by atoms with Gasteiger partial charge in [0.1, 0.15) is 0 Å². The van der Waals surface area contributed by atoms with Gasteiger partial charge in [-0.25, -0.2) is 0 Å². The van der Waals surface area contributed by atoms with Gasteiger partial charge in [0.25, 0.3) is 0 Å². The van der Waals surface area contributed by atoms with Crippen molar-refractivity contribution in [2.24, 2.45) is 0 Å². The summed E-state index contributed by atoms with van der Waals surface area (Å²) in [5, 5.41) is 3.61. The number of rotatable bonds is 6. The summed E-state index contributed by atoms with van der Waals surface area (Å²) < 4.78 is 10.8. The molecule has 1 fully saturated rings. The zero-order valence-corrected chi connectivity index (χ0v) is 12.9. The molecule has 3 rings (SSSR count). The second-order valence-electron chi connectivity index (χ2n) is 6.04. The third-order valence-electron chi connectivity index (χ3n) is 4.45. The maximum Gasteiger partial charge on any atom is 0.231 e. The molecule has 2 aliphatic rings. The van der Waals surface area contributed by atoms with Gasteiger partial charge < -0.3 is 19.7 Å². The maximum atomic E-state index is 5.44. The third-order valence-corrected chi connectivity index (χ3v) is 4.45. The zero-order valence-electron chi connectivity index (χ0n) is 12.9. The highest BCUT2D eigenvalue weighted by molar-refractivity contribution is 5.45. The van der Waals surface area contributed by atoms with Gasteiger partial charge in [-0.1, -0.05) is 12.5 Å². The lowest BCUT2D eigenvalue weighted by Gasteiger charge is -2.26. The molecule has 1 unspecified atom stereocenters. The van der Waals surface area contributed by atoms with Gasteiger partial charge >= 0.3 is 0 Å². The molecule has 1 saturated heterocycles. The van der Waals surface area contributed by atoms with E-state index in [1.807, 2.05) is 6.07 Å². The number of piperidine rings is 1. The zero-order chi connectivity index (χ0) is 14.5. The Balaban J connectivity index is 1.40. The van der Waals surface area contributed by atoms with Crippen LogP contribution < -0.4 is 14.8 Å². The van der Waals surface area contributed by atoms with E-state index in [0.29, 0.717) is 12.8 Å². The number of benzene rings is 1. The smallest absolute Gasteiger partial charge is 0.231 e. The van der Waals surface area contributed by atoms with Crippen LogP contribution in [0.25, 0.3) is 0 Å². The van der Waals surface area contributed by atoms with E-state index in [2.05, 4.69) is 29.3 Å². The van der Waals surface area contributed by atoms with E-state index in [4.69, 9.17) is 9.47 Å². The number of hydrogen-bond donors (Lipinski definition) is 1. The summed E-state index contributed by atoms with van der Waals surface area (Å²) in [6, 6.07) is 6.56. The van der Waals surface area contributed by atoms with Crippen LogP contribution in [0.4, 0.5) is 0 Å². The topological polar surface area (TPSA) is 33.7 Å². The predicted octanol–water partition coefficient (Wildman–Crippen LogP) is 2.94. The third kappa shape index (κ3) is 3.89. The van der Waals surface area contributed by atoms with Crippen LogP contribution >= 0.6 is 0 Å². The molecule has 0 saturated carbocycles. The number of nitrogens with one attached hydrogen (secondary N) is 1. The van der Waals surface area contributed by atoms with Gasteiger partial charge in [-0.3, -0.25) is 0 Å².